The van der Waals surface area contributed by atoms with E-state index in [1.165, 1.54) is 12.7 Å². The van der Waals surface area contributed by atoms with Gasteiger partial charge in [0.25, 0.3) is 0 Å². The molecule has 9 heteroatoms. The summed E-state index contributed by atoms with van der Waals surface area (Å²) in [6.45, 7) is 4.46. The number of carbonyl (C=O) groups excluding carboxylic acids is 1. The highest BCUT2D eigenvalue weighted by atomic mass is 16.5. The fourth-order valence-corrected chi connectivity index (χ4v) is 4.65. The minimum Gasteiger partial charge on any atom is -0.494 e. The summed E-state index contributed by atoms with van der Waals surface area (Å²) in [5.74, 6) is 1.70. The summed E-state index contributed by atoms with van der Waals surface area (Å²) in [5.41, 5.74) is 11.4. The summed E-state index contributed by atoms with van der Waals surface area (Å²) in [6, 6.07) is 14.3. The molecule has 2 aromatic heterocycles. The van der Waals surface area contributed by atoms with Gasteiger partial charge < -0.3 is 25.7 Å². The third-order valence-electron chi connectivity index (χ3n) is 6.58. The summed E-state index contributed by atoms with van der Waals surface area (Å²) in [4.78, 5) is 16.2. The van der Waals surface area contributed by atoms with E-state index in [1.807, 2.05) is 44.2 Å². The van der Waals surface area contributed by atoms with Gasteiger partial charge >= 0.3 is 6.03 Å². The maximum absolute atomic E-state index is 12.1. The largest absolute Gasteiger partial charge is 0.494 e. The van der Waals surface area contributed by atoms with Crippen LogP contribution in [-0.4, -0.2) is 38.4 Å². The van der Waals surface area contributed by atoms with Crippen molar-refractivity contribution in [1.29, 1.82) is 0 Å². The highest BCUT2D eigenvalue weighted by molar-refractivity contribution is 6.02. The number of carbonyl (C=O) groups is 1. The van der Waals surface area contributed by atoms with Gasteiger partial charge in [0.05, 0.1) is 23.5 Å². The molecular formula is C27H33N7O2. The number of nitrogen functional groups attached to an aromatic ring is 1. The van der Waals surface area contributed by atoms with Gasteiger partial charge in [-0.15, -0.1) is 0 Å². The maximum Gasteiger partial charge on any atom is 0.319 e. The average molecular weight is 488 g/mol. The van der Waals surface area contributed by atoms with E-state index in [0.717, 1.165) is 70.8 Å². The number of rotatable bonds is 9. The Hall–Kier alpha value is -4.01. The van der Waals surface area contributed by atoms with Crippen LogP contribution < -0.4 is 21.1 Å². The monoisotopic (exact) mass is 487 g/mol. The Labute approximate surface area is 210 Å². The van der Waals surface area contributed by atoms with Crippen molar-refractivity contribution in [1.82, 2.24) is 25.1 Å². The molecule has 0 aliphatic heterocycles. The number of hydrogen-bond donors (Lipinski definition) is 4. The molecule has 5 rings (SSSR count). The number of amides is 2. The minimum atomic E-state index is -0.214. The standard InChI is InChI=1S/C27H33N7O2/c1-17(2)31-27(35)32-19-10-8-18(9-11-19)26-25(28)22-13-12-21(15-23(22)34(26)20-5-3-6-20)36-14-4-7-24-29-16-30-33-24/h8-13,15-17,20H,3-7,14,28H2,1-2H3,(H,29,30,33)(H2,31,32,35). The Kier molecular flexibility index (Phi) is 6.79. The van der Waals surface area contributed by atoms with Gasteiger partial charge in [0.15, 0.2) is 0 Å². The maximum atomic E-state index is 12.1. The molecule has 2 amide bonds. The van der Waals surface area contributed by atoms with E-state index < -0.39 is 0 Å². The Morgan fingerprint density at radius 3 is 2.69 bits per heavy atom. The molecular weight excluding hydrogens is 454 g/mol. The van der Waals surface area contributed by atoms with E-state index in [9.17, 15) is 4.79 Å². The van der Waals surface area contributed by atoms with Crippen LogP contribution in [-0.2, 0) is 6.42 Å². The van der Waals surface area contributed by atoms with Crippen molar-refractivity contribution in [2.75, 3.05) is 17.7 Å². The molecule has 0 saturated heterocycles. The van der Waals surface area contributed by atoms with Crippen LogP contribution in [0.25, 0.3) is 22.2 Å². The summed E-state index contributed by atoms with van der Waals surface area (Å²) in [7, 11) is 0. The fourth-order valence-electron chi connectivity index (χ4n) is 4.65. The predicted octanol–water partition coefficient (Wildman–Crippen LogP) is 5.28. The molecule has 36 heavy (non-hydrogen) atoms. The Morgan fingerprint density at radius 2 is 2.03 bits per heavy atom. The number of hydrogen-bond acceptors (Lipinski definition) is 5. The summed E-state index contributed by atoms with van der Waals surface area (Å²) in [6.07, 6.45) is 6.65. The quantitative estimate of drug-likeness (QED) is 0.239. The number of nitrogens with one attached hydrogen (secondary N) is 3. The number of ether oxygens (including phenoxy) is 1. The fraction of sp³-hybridized carbons (Fsp3) is 0.370. The van der Waals surface area contributed by atoms with E-state index in [-0.39, 0.29) is 12.1 Å². The van der Waals surface area contributed by atoms with Crippen molar-refractivity contribution in [3.63, 3.8) is 0 Å². The SMILES string of the molecule is CC(C)NC(=O)Nc1ccc(-c2c(N)c3ccc(OCCCc4ncn[nH]4)cc3n2C2CCC2)cc1. The number of benzene rings is 2. The van der Waals surface area contributed by atoms with Gasteiger partial charge in [-0.05, 0) is 63.8 Å². The molecule has 2 heterocycles. The molecule has 0 radical (unpaired) electrons. The number of aryl methyl sites for hydroxylation is 1. The lowest BCUT2D eigenvalue weighted by Crippen LogP contribution is -2.34. The third-order valence-corrected chi connectivity index (χ3v) is 6.58. The van der Waals surface area contributed by atoms with Gasteiger partial charge in [0.1, 0.15) is 17.9 Å². The van der Waals surface area contributed by atoms with E-state index in [0.29, 0.717) is 12.6 Å². The number of fused-ring (bicyclic) bond motifs is 1. The number of H-pyrrole nitrogens is 1. The van der Waals surface area contributed by atoms with Gasteiger partial charge in [-0.25, -0.2) is 9.78 Å². The van der Waals surface area contributed by atoms with Crippen molar-refractivity contribution < 1.29 is 9.53 Å². The molecule has 0 atom stereocenters. The first-order valence-corrected chi connectivity index (χ1v) is 12.6. The van der Waals surface area contributed by atoms with Crippen LogP contribution in [0.15, 0.2) is 48.8 Å². The first kappa shape index (κ1) is 23.7. The molecule has 0 spiro atoms. The number of anilines is 2. The zero-order chi connectivity index (χ0) is 25.1. The number of nitrogens with zero attached hydrogens (tertiary/aromatic N) is 3. The van der Waals surface area contributed by atoms with Gasteiger partial charge in [-0.3, -0.25) is 5.10 Å². The lowest BCUT2D eigenvalue weighted by molar-refractivity contribution is 0.250. The van der Waals surface area contributed by atoms with Crippen molar-refractivity contribution in [3.8, 4) is 17.0 Å². The highest BCUT2D eigenvalue weighted by Crippen LogP contribution is 2.44. The smallest absolute Gasteiger partial charge is 0.319 e. The predicted molar refractivity (Wildman–Crippen MR) is 142 cm³/mol. The van der Waals surface area contributed by atoms with Crippen molar-refractivity contribution in [2.45, 2.75) is 58.0 Å². The zero-order valence-electron chi connectivity index (χ0n) is 20.8. The second kappa shape index (κ2) is 10.3. The second-order valence-corrected chi connectivity index (χ2v) is 9.61. The molecule has 5 N–H and O–H groups in total. The van der Waals surface area contributed by atoms with Crippen LogP contribution in [0.2, 0.25) is 0 Å². The van der Waals surface area contributed by atoms with Crippen molar-refractivity contribution >= 4 is 28.3 Å². The lowest BCUT2D eigenvalue weighted by atomic mass is 9.92. The molecule has 1 aliphatic carbocycles. The molecule has 4 aromatic rings. The number of nitrogens with two attached hydrogens (primary N) is 1. The third kappa shape index (κ3) is 5.00. The Balaban J connectivity index is 1.39. The van der Waals surface area contributed by atoms with E-state index in [1.54, 1.807) is 0 Å². The van der Waals surface area contributed by atoms with E-state index in [2.05, 4.69) is 42.5 Å². The second-order valence-electron chi connectivity index (χ2n) is 9.61. The number of urea groups is 1. The van der Waals surface area contributed by atoms with Crippen molar-refractivity contribution in [3.05, 3.63) is 54.6 Å². The summed E-state index contributed by atoms with van der Waals surface area (Å²) < 4.78 is 8.45. The summed E-state index contributed by atoms with van der Waals surface area (Å²) in [5, 5.41) is 13.5. The minimum absolute atomic E-state index is 0.0735. The zero-order valence-corrected chi connectivity index (χ0v) is 20.8. The Bertz CT molecular complexity index is 1320. The van der Waals surface area contributed by atoms with Crippen LogP contribution >= 0.6 is 0 Å². The molecule has 1 aliphatic rings. The van der Waals surface area contributed by atoms with Crippen LogP contribution in [0, 0.1) is 0 Å². The number of aromatic amines is 1. The van der Waals surface area contributed by atoms with Gasteiger partial charge in [-0.2, -0.15) is 5.10 Å². The average Bonchev–Trinajstić information content (AvgIpc) is 3.43. The Morgan fingerprint density at radius 1 is 1.22 bits per heavy atom. The number of aromatic nitrogens is 4. The molecule has 9 nitrogen and oxygen atoms in total. The molecule has 188 valence electrons. The molecule has 0 bridgehead atoms. The highest BCUT2D eigenvalue weighted by Gasteiger charge is 2.27. The molecule has 2 aromatic carbocycles. The topological polar surface area (TPSA) is 123 Å². The van der Waals surface area contributed by atoms with Crippen LogP contribution in [0.5, 0.6) is 5.75 Å². The normalized spacial score (nSPS) is 13.6. The molecule has 1 fully saturated rings. The van der Waals surface area contributed by atoms with Crippen LogP contribution in [0.4, 0.5) is 16.2 Å². The van der Waals surface area contributed by atoms with Crippen LogP contribution in [0.1, 0.15) is 51.4 Å². The van der Waals surface area contributed by atoms with Gasteiger partial charge in [0.2, 0.25) is 0 Å². The van der Waals surface area contributed by atoms with Crippen LogP contribution in [0.3, 0.4) is 0 Å². The van der Waals surface area contributed by atoms with E-state index in [4.69, 9.17) is 10.5 Å². The first-order valence-electron chi connectivity index (χ1n) is 12.6. The van der Waals surface area contributed by atoms with Crippen molar-refractivity contribution in [2.24, 2.45) is 0 Å². The lowest BCUT2D eigenvalue weighted by Gasteiger charge is -2.30. The van der Waals surface area contributed by atoms with Gasteiger partial charge in [0, 0.05) is 41.2 Å². The van der Waals surface area contributed by atoms with Gasteiger partial charge in [-0.1, -0.05) is 12.1 Å². The first-order chi connectivity index (χ1) is 17.5. The summed E-state index contributed by atoms with van der Waals surface area (Å²) >= 11 is 0. The molecule has 0 unspecified atom stereocenters. The van der Waals surface area contributed by atoms with E-state index >= 15 is 0 Å². The molecule has 1 saturated carbocycles.